The lowest BCUT2D eigenvalue weighted by molar-refractivity contribution is 0.400. The number of anilines is 1. The van der Waals surface area contributed by atoms with Crippen molar-refractivity contribution in [3.8, 4) is 0 Å². The number of nitrogens with zero attached hydrogens (tertiary/aromatic N) is 2. The molecule has 3 nitrogen and oxygen atoms in total. The molecule has 0 fully saturated rings. The summed E-state index contributed by atoms with van der Waals surface area (Å²) >= 11 is 0. The Hall–Kier alpha value is -1.06. The van der Waals surface area contributed by atoms with Gasteiger partial charge in [0.1, 0.15) is 0 Å². The summed E-state index contributed by atoms with van der Waals surface area (Å²) in [6.07, 6.45) is 1.20. The largest absolute Gasteiger partial charge is 0.372 e. The van der Waals surface area contributed by atoms with Crippen LogP contribution in [0.4, 0.5) is 5.69 Å². The zero-order valence-corrected chi connectivity index (χ0v) is 14.7. The van der Waals surface area contributed by atoms with Gasteiger partial charge in [0.05, 0.1) is 0 Å². The molecular formula is C18H33N3. The molecule has 0 aromatic heterocycles. The van der Waals surface area contributed by atoms with E-state index >= 15 is 0 Å². The van der Waals surface area contributed by atoms with Crippen LogP contribution in [0.15, 0.2) is 18.2 Å². The van der Waals surface area contributed by atoms with E-state index in [1.165, 1.54) is 23.2 Å². The van der Waals surface area contributed by atoms with E-state index in [2.05, 4.69) is 75.1 Å². The summed E-state index contributed by atoms with van der Waals surface area (Å²) < 4.78 is 0. The van der Waals surface area contributed by atoms with Crippen molar-refractivity contribution in [2.45, 2.75) is 46.7 Å². The molecule has 1 aromatic carbocycles. The predicted molar refractivity (Wildman–Crippen MR) is 94.2 cm³/mol. The van der Waals surface area contributed by atoms with Crippen molar-refractivity contribution < 1.29 is 0 Å². The summed E-state index contributed by atoms with van der Waals surface area (Å²) in [6, 6.07) is 7.40. The highest BCUT2D eigenvalue weighted by atomic mass is 15.1. The van der Waals surface area contributed by atoms with Gasteiger partial charge >= 0.3 is 0 Å². The lowest BCUT2D eigenvalue weighted by atomic mass is 10.1. The molecule has 0 atom stereocenters. The molecule has 0 unspecified atom stereocenters. The van der Waals surface area contributed by atoms with Crippen molar-refractivity contribution in [3.63, 3.8) is 0 Å². The minimum atomic E-state index is 0.530. The average Bonchev–Trinajstić information content (AvgIpc) is 2.42. The fourth-order valence-corrected chi connectivity index (χ4v) is 2.44. The molecule has 0 aliphatic heterocycles. The van der Waals surface area contributed by atoms with Crippen LogP contribution in [0.3, 0.4) is 0 Å². The second-order valence-corrected chi connectivity index (χ2v) is 6.38. The first-order valence-electron chi connectivity index (χ1n) is 8.16. The first-order chi connectivity index (χ1) is 9.93. The lowest BCUT2D eigenvalue weighted by Gasteiger charge is -2.25. The van der Waals surface area contributed by atoms with E-state index in [-0.39, 0.29) is 0 Å². The number of nitrogens with one attached hydrogen (secondary N) is 1. The van der Waals surface area contributed by atoms with Crippen LogP contribution in [0.1, 0.15) is 38.3 Å². The third-order valence-electron chi connectivity index (χ3n) is 3.81. The fraction of sp³-hybridized carbons (Fsp3) is 0.667. The smallest absolute Gasteiger partial charge is 0.0368 e. The van der Waals surface area contributed by atoms with Crippen LogP contribution < -0.4 is 10.2 Å². The monoisotopic (exact) mass is 291 g/mol. The van der Waals surface area contributed by atoms with Gasteiger partial charge in [0.15, 0.2) is 0 Å². The standard InChI is InChI=1S/C18H33N3/c1-7-21(12-8-11-20(5)6)18-10-9-17(16(4)13-18)14-19-15(2)3/h9-10,13,15,19H,7-8,11-12,14H2,1-6H3. The van der Waals surface area contributed by atoms with E-state index in [1.807, 2.05) is 0 Å². The fourth-order valence-electron chi connectivity index (χ4n) is 2.44. The Morgan fingerprint density at radius 3 is 2.38 bits per heavy atom. The van der Waals surface area contributed by atoms with Crippen LogP contribution in [0.25, 0.3) is 0 Å². The summed E-state index contributed by atoms with van der Waals surface area (Å²) in [5.74, 6) is 0. The molecule has 0 radical (unpaired) electrons. The Labute approximate surface area is 131 Å². The van der Waals surface area contributed by atoms with Gasteiger partial charge in [0, 0.05) is 31.4 Å². The van der Waals surface area contributed by atoms with Gasteiger partial charge in [-0.25, -0.2) is 0 Å². The van der Waals surface area contributed by atoms with Crippen molar-refractivity contribution in [1.29, 1.82) is 0 Å². The first-order valence-corrected chi connectivity index (χ1v) is 8.16. The molecule has 3 heteroatoms. The Morgan fingerprint density at radius 1 is 1.14 bits per heavy atom. The molecular weight excluding hydrogens is 258 g/mol. The third kappa shape index (κ3) is 6.49. The van der Waals surface area contributed by atoms with Gasteiger partial charge in [-0.3, -0.25) is 0 Å². The average molecular weight is 291 g/mol. The first kappa shape index (κ1) is 18.0. The molecule has 0 amide bonds. The molecule has 21 heavy (non-hydrogen) atoms. The number of rotatable bonds is 9. The van der Waals surface area contributed by atoms with E-state index in [0.29, 0.717) is 6.04 Å². The molecule has 120 valence electrons. The van der Waals surface area contributed by atoms with Gasteiger partial charge in [0.2, 0.25) is 0 Å². The summed E-state index contributed by atoms with van der Waals surface area (Å²) in [6.45, 7) is 13.1. The summed E-state index contributed by atoms with van der Waals surface area (Å²) in [7, 11) is 4.27. The quantitative estimate of drug-likeness (QED) is 0.753. The molecule has 0 heterocycles. The van der Waals surface area contributed by atoms with Crippen molar-refractivity contribution in [2.24, 2.45) is 0 Å². The number of hydrogen-bond acceptors (Lipinski definition) is 3. The number of hydrogen-bond donors (Lipinski definition) is 1. The van der Waals surface area contributed by atoms with Crippen LogP contribution in [-0.2, 0) is 6.54 Å². The van der Waals surface area contributed by atoms with Gasteiger partial charge in [-0.2, -0.15) is 0 Å². The van der Waals surface area contributed by atoms with Gasteiger partial charge in [-0.15, -0.1) is 0 Å². The molecule has 0 spiro atoms. The molecule has 0 aliphatic carbocycles. The number of benzene rings is 1. The lowest BCUT2D eigenvalue weighted by Crippen LogP contribution is -2.27. The van der Waals surface area contributed by atoms with E-state index in [0.717, 1.165) is 26.2 Å². The zero-order chi connectivity index (χ0) is 15.8. The van der Waals surface area contributed by atoms with Crippen molar-refractivity contribution >= 4 is 5.69 Å². The highest BCUT2D eigenvalue weighted by molar-refractivity contribution is 5.50. The van der Waals surface area contributed by atoms with Crippen LogP contribution >= 0.6 is 0 Å². The van der Waals surface area contributed by atoms with E-state index < -0.39 is 0 Å². The SMILES string of the molecule is CCN(CCCN(C)C)c1ccc(CNC(C)C)c(C)c1. The van der Waals surface area contributed by atoms with E-state index in [1.54, 1.807) is 0 Å². The van der Waals surface area contributed by atoms with Crippen LogP contribution in [0.5, 0.6) is 0 Å². The topological polar surface area (TPSA) is 18.5 Å². The highest BCUT2D eigenvalue weighted by Crippen LogP contribution is 2.19. The molecule has 0 aliphatic rings. The van der Waals surface area contributed by atoms with Crippen molar-refractivity contribution in [2.75, 3.05) is 38.6 Å². The van der Waals surface area contributed by atoms with Crippen LogP contribution in [0, 0.1) is 6.92 Å². The molecule has 1 N–H and O–H groups in total. The molecule has 1 rings (SSSR count). The maximum Gasteiger partial charge on any atom is 0.0368 e. The Bertz CT molecular complexity index is 413. The molecule has 0 bridgehead atoms. The van der Waals surface area contributed by atoms with Crippen molar-refractivity contribution in [3.05, 3.63) is 29.3 Å². The minimum Gasteiger partial charge on any atom is -0.372 e. The van der Waals surface area contributed by atoms with Gasteiger partial charge < -0.3 is 15.1 Å². The van der Waals surface area contributed by atoms with Gasteiger partial charge in [-0.05, 0) is 64.2 Å². The molecule has 1 aromatic rings. The molecule has 0 saturated carbocycles. The van der Waals surface area contributed by atoms with Gasteiger partial charge in [0.25, 0.3) is 0 Å². The predicted octanol–water partition coefficient (Wildman–Crippen LogP) is 3.27. The molecule has 0 saturated heterocycles. The van der Waals surface area contributed by atoms with E-state index in [9.17, 15) is 0 Å². The maximum atomic E-state index is 3.49. The van der Waals surface area contributed by atoms with Gasteiger partial charge in [-0.1, -0.05) is 19.9 Å². The second kappa shape index (κ2) is 9.06. The normalized spacial score (nSPS) is 11.4. The minimum absolute atomic E-state index is 0.530. The summed E-state index contributed by atoms with van der Waals surface area (Å²) in [5.41, 5.74) is 4.13. The third-order valence-corrected chi connectivity index (χ3v) is 3.81. The van der Waals surface area contributed by atoms with E-state index in [4.69, 9.17) is 0 Å². The number of aryl methyl sites for hydroxylation is 1. The van der Waals surface area contributed by atoms with Crippen molar-refractivity contribution in [1.82, 2.24) is 10.2 Å². The summed E-state index contributed by atoms with van der Waals surface area (Å²) in [5, 5.41) is 3.49. The Morgan fingerprint density at radius 2 is 1.86 bits per heavy atom. The summed E-state index contributed by atoms with van der Waals surface area (Å²) in [4.78, 5) is 4.72. The zero-order valence-electron chi connectivity index (χ0n) is 14.7. The highest BCUT2D eigenvalue weighted by Gasteiger charge is 2.07. The Kier molecular flexibility index (Phi) is 7.76. The van der Waals surface area contributed by atoms with Crippen LogP contribution in [0.2, 0.25) is 0 Å². The van der Waals surface area contributed by atoms with Crippen LogP contribution in [-0.4, -0.2) is 44.7 Å². The Balaban J connectivity index is 2.66. The second-order valence-electron chi connectivity index (χ2n) is 6.38. The maximum absolute atomic E-state index is 3.49.